The fourth-order valence-electron chi connectivity index (χ4n) is 7.44. The number of carbonyl (C=O) groups excluding carboxylic acids is 2. The summed E-state index contributed by atoms with van der Waals surface area (Å²) in [4.78, 5) is 51.8. The van der Waals surface area contributed by atoms with E-state index in [1.807, 2.05) is 23.1 Å². The lowest BCUT2D eigenvalue weighted by Gasteiger charge is -2.26. The highest BCUT2D eigenvalue weighted by molar-refractivity contribution is 5.96. The van der Waals surface area contributed by atoms with Crippen molar-refractivity contribution in [2.24, 2.45) is 17.8 Å². The Morgan fingerprint density at radius 3 is 2.00 bits per heavy atom. The predicted octanol–water partition coefficient (Wildman–Crippen LogP) is 4.74. The van der Waals surface area contributed by atoms with Crippen LogP contribution in [0.15, 0.2) is 60.7 Å². The van der Waals surface area contributed by atoms with Gasteiger partial charge in [0, 0.05) is 44.2 Å². The third-order valence-corrected chi connectivity index (χ3v) is 9.84. The Hall–Kier alpha value is -4.31. The average molecular weight is 626 g/mol. The van der Waals surface area contributed by atoms with E-state index in [1.165, 1.54) is 0 Å². The van der Waals surface area contributed by atoms with Gasteiger partial charge in [0.25, 0.3) is 5.91 Å². The largest absolute Gasteiger partial charge is 0.478 e. The second-order valence-electron chi connectivity index (χ2n) is 13.0. The van der Waals surface area contributed by atoms with Crippen LogP contribution in [0.5, 0.6) is 6.01 Å². The van der Waals surface area contributed by atoms with Crippen LogP contribution in [0.1, 0.15) is 77.1 Å². The molecule has 3 fully saturated rings. The fourth-order valence-corrected chi connectivity index (χ4v) is 7.44. The highest BCUT2D eigenvalue weighted by atomic mass is 16.5. The minimum atomic E-state index is -1.26. The van der Waals surface area contributed by atoms with Crippen LogP contribution in [0.3, 0.4) is 0 Å². The molecule has 0 bridgehead atoms. The summed E-state index contributed by atoms with van der Waals surface area (Å²) in [7, 11) is 0. The van der Waals surface area contributed by atoms with Gasteiger partial charge in [0.15, 0.2) is 0 Å². The molecule has 4 atom stereocenters. The Kier molecular flexibility index (Phi) is 9.63. The normalized spacial score (nSPS) is 21.1. The van der Waals surface area contributed by atoms with Gasteiger partial charge < -0.3 is 25.0 Å². The maximum absolute atomic E-state index is 13.7. The number of aliphatic carboxylic acids is 1. The highest BCUT2D eigenvalue weighted by Crippen LogP contribution is 2.34. The molecule has 1 aliphatic carbocycles. The van der Waals surface area contributed by atoms with Gasteiger partial charge in [-0.2, -0.15) is 9.97 Å². The number of aromatic nitrogens is 2. The van der Waals surface area contributed by atoms with Crippen molar-refractivity contribution in [1.29, 1.82) is 0 Å². The number of carboxylic acid groups (broad SMARTS) is 1. The van der Waals surface area contributed by atoms with Gasteiger partial charge in [-0.25, -0.2) is 4.79 Å². The molecule has 2 aromatic carbocycles. The van der Waals surface area contributed by atoms with E-state index < -0.39 is 12.1 Å². The quantitative estimate of drug-likeness (QED) is 0.313. The molecule has 10 nitrogen and oxygen atoms in total. The number of ether oxygens (including phenoxy) is 1. The first-order chi connectivity index (χ1) is 22.3. The number of hydrogen-bond donors (Lipinski definition) is 2. The molecule has 46 heavy (non-hydrogen) atoms. The predicted molar refractivity (Wildman–Crippen MR) is 172 cm³/mol. The van der Waals surface area contributed by atoms with E-state index >= 15 is 0 Å². The maximum atomic E-state index is 13.7. The third kappa shape index (κ3) is 7.07. The van der Waals surface area contributed by atoms with Gasteiger partial charge in [0.2, 0.25) is 12.0 Å². The summed E-state index contributed by atoms with van der Waals surface area (Å²) in [6.07, 6.45) is 3.84. The summed E-state index contributed by atoms with van der Waals surface area (Å²) in [5.41, 5.74) is 3.01. The molecule has 2 saturated heterocycles. The zero-order valence-electron chi connectivity index (χ0n) is 26.6. The standard InChI is InChI=1S/C36H43N5O5/c1-23-31(24(2)38-36(37-23)46-32(35(44)45)26-13-7-4-8-14-26)34(43)41-21-28-19-40(20-29(28)22-41)18-17-30(25-11-5-3-6-12-25)39-33(42)27-15-9-10-16-27/h3-8,11-14,27-30,32H,9-10,15-22H2,1-2H3,(H,39,42)(H,44,45)/t28?,29?,30?,32-/m1/s1. The summed E-state index contributed by atoms with van der Waals surface area (Å²) in [6, 6.07) is 18.8. The second kappa shape index (κ2) is 14.0. The van der Waals surface area contributed by atoms with Crippen molar-refractivity contribution in [3.8, 4) is 6.01 Å². The molecule has 10 heteroatoms. The molecule has 6 rings (SSSR count). The van der Waals surface area contributed by atoms with Gasteiger partial charge in [-0.1, -0.05) is 73.5 Å². The number of carboxylic acids is 1. The summed E-state index contributed by atoms with van der Waals surface area (Å²) < 4.78 is 5.70. The number of likely N-dealkylation sites (tertiary alicyclic amines) is 2. The molecule has 2 N–H and O–H groups in total. The van der Waals surface area contributed by atoms with Crippen molar-refractivity contribution in [1.82, 2.24) is 25.1 Å². The van der Waals surface area contributed by atoms with Crippen molar-refractivity contribution >= 4 is 17.8 Å². The minimum absolute atomic E-state index is 0.0100. The van der Waals surface area contributed by atoms with E-state index in [-0.39, 0.29) is 29.8 Å². The topological polar surface area (TPSA) is 125 Å². The van der Waals surface area contributed by atoms with E-state index in [1.54, 1.807) is 44.2 Å². The molecule has 0 spiro atoms. The number of hydrogen-bond acceptors (Lipinski definition) is 7. The highest BCUT2D eigenvalue weighted by Gasteiger charge is 2.42. The Labute approximate surface area is 270 Å². The second-order valence-corrected chi connectivity index (χ2v) is 13.0. The molecular weight excluding hydrogens is 582 g/mol. The van der Waals surface area contributed by atoms with E-state index in [4.69, 9.17) is 4.74 Å². The molecule has 242 valence electrons. The van der Waals surface area contributed by atoms with Gasteiger partial charge in [0.1, 0.15) is 0 Å². The van der Waals surface area contributed by atoms with Gasteiger partial charge in [-0.15, -0.1) is 0 Å². The van der Waals surface area contributed by atoms with Crippen LogP contribution in [-0.2, 0) is 9.59 Å². The van der Waals surface area contributed by atoms with Crippen LogP contribution in [0.2, 0.25) is 0 Å². The number of aryl methyl sites for hydroxylation is 2. The first kappa shape index (κ1) is 31.7. The molecule has 1 saturated carbocycles. The SMILES string of the molecule is Cc1nc(O[C@@H](C(=O)O)c2ccccc2)nc(C)c1C(=O)N1CC2CN(CCC(NC(=O)C3CCCC3)c3ccccc3)CC2C1. The summed E-state index contributed by atoms with van der Waals surface area (Å²) in [5.74, 6) is -0.146. The molecule has 2 amide bonds. The van der Waals surface area contributed by atoms with Crippen LogP contribution in [0.25, 0.3) is 0 Å². The summed E-state index contributed by atoms with van der Waals surface area (Å²) >= 11 is 0. The zero-order valence-corrected chi connectivity index (χ0v) is 26.6. The molecule has 3 aliphatic rings. The van der Waals surface area contributed by atoms with E-state index in [2.05, 4.69) is 32.3 Å². The van der Waals surface area contributed by atoms with E-state index in [0.29, 0.717) is 47.4 Å². The lowest BCUT2D eigenvalue weighted by Crippen LogP contribution is -2.37. The average Bonchev–Trinajstić information content (AvgIpc) is 3.80. The van der Waals surface area contributed by atoms with Crippen molar-refractivity contribution < 1.29 is 24.2 Å². The van der Waals surface area contributed by atoms with Crippen molar-refractivity contribution in [2.75, 3.05) is 32.7 Å². The molecular formula is C36H43N5O5. The van der Waals surface area contributed by atoms with Gasteiger partial charge in [-0.3, -0.25) is 9.59 Å². The van der Waals surface area contributed by atoms with E-state index in [9.17, 15) is 19.5 Å². The maximum Gasteiger partial charge on any atom is 0.349 e. The molecule has 1 aromatic heterocycles. The third-order valence-electron chi connectivity index (χ3n) is 9.84. The monoisotopic (exact) mass is 625 g/mol. The van der Waals surface area contributed by atoms with E-state index in [0.717, 1.165) is 57.3 Å². The Morgan fingerprint density at radius 1 is 0.870 bits per heavy atom. The molecule has 3 heterocycles. The van der Waals surface area contributed by atoms with Gasteiger partial charge in [-0.05, 0) is 50.5 Å². The number of nitrogens with one attached hydrogen (secondary N) is 1. The van der Waals surface area contributed by atoms with Crippen molar-refractivity contribution in [2.45, 2.75) is 58.1 Å². The first-order valence-corrected chi connectivity index (χ1v) is 16.4. The van der Waals surface area contributed by atoms with Crippen LogP contribution >= 0.6 is 0 Å². The lowest BCUT2D eigenvalue weighted by molar-refractivity contribution is -0.145. The van der Waals surface area contributed by atoms with Gasteiger partial charge in [0.05, 0.1) is 23.0 Å². The Balaban J connectivity index is 1.05. The Morgan fingerprint density at radius 2 is 1.43 bits per heavy atom. The van der Waals surface area contributed by atoms with Crippen molar-refractivity contribution in [3.63, 3.8) is 0 Å². The fraction of sp³-hybridized carbons (Fsp3) is 0.472. The number of carbonyl (C=O) groups is 3. The first-order valence-electron chi connectivity index (χ1n) is 16.4. The summed E-state index contributed by atoms with van der Waals surface area (Å²) in [5, 5.41) is 13.1. The molecule has 3 unspecified atom stereocenters. The number of benzene rings is 2. The minimum Gasteiger partial charge on any atom is -0.478 e. The number of amides is 2. The molecule has 3 aromatic rings. The van der Waals surface area contributed by atoms with Crippen molar-refractivity contribution in [3.05, 3.63) is 88.7 Å². The van der Waals surface area contributed by atoms with Crippen LogP contribution in [-0.4, -0.2) is 75.4 Å². The summed E-state index contributed by atoms with van der Waals surface area (Å²) in [6.45, 7) is 7.55. The van der Waals surface area contributed by atoms with Crippen LogP contribution < -0.4 is 10.1 Å². The molecule has 0 radical (unpaired) electrons. The lowest BCUT2D eigenvalue weighted by atomic mass is 10.0. The Bertz CT molecular complexity index is 1510. The smallest absolute Gasteiger partial charge is 0.349 e. The van der Waals surface area contributed by atoms with Crippen LogP contribution in [0, 0.1) is 31.6 Å². The zero-order chi connectivity index (χ0) is 32.2. The van der Waals surface area contributed by atoms with Crippen LogP contribution in [0.4, 0.5) is 0 Å². The van der Waals surface area contributed by atoms with Gasteiger partial charge >= 0.3 is 12.0 Å². The molecule has 2 aliphatic heterocycles. The number of nitrogens with zero attached hydrogens (tertiary/aromatic N) is 4. The number of fused-ring (bicyclic) bond motifs is 1. The number of rotatable bonds is 11.